The number of rotatable bonds is 6. The lowest BCUT2D eigenvalue weighted by Gasteiger charge is -2.22. The fraction of sp³-hybridized carbons (Fsp3) is 0.615. The maximum atomic E-state index is 12.5. The van der Waals surface area contributed by atoms with Gasteiger partial charge in [0, 0.05) is 31.6 Å². The van der Waals surface area contributed by atoms with E-state index in [-0.39, 0.29) is 11.1 Å². The summed E-state index contributed by atoms with van der Waals surface area (Å²) >= 11 is 1.80. The monoisotopic (exact) mass is 315 g/mol. The summed E-state index contributed by atoms with van der Waals surface area (Å²) in [5.41, 5.74) is 0.991. The number of aromatic nitrogens is 1. The van der Waals surface area contributed by atoms with Gasteiger partial charge in [-0.15, -0.1) is 0 Å². The van der Waals surface area contributed by atoms with Crippen LogP contribution in [0, 0.1) is 0 Å². The third-order valence-corrected chi connectivity index (χ3v) is 6.41. The zero-order valence-electron chi connectivity index (χ0n) is 11.9. The molecule has 1 aromatic heterocycles. The second-order valence-electron chi connectivity index (χ2n) is 4.82. The second-order valence-corrected chi connectivity index (χ2v) is 7.92. The minimum Gasteiger partial charge on any atom is -0.313 e. The SMILES string of the molecule is CCNCc1ccc(S(=O)(=O)N(C)C2CCSC2)nc1. The molecule has 1 aliphatic heterocycles. The lowest BCUT2D eigenvalue weighted by atomic mass is 10.3. The molecule has 1 saturated heterocycles. The lowest BCUT2D eigenvalue weighted by Crippen LogP contribution is -2.37. The Morgan fingerprint density at radius 2 is 2.30 bits per heavy atom. The van der Waals surface area contributed by atoms with Gasteiger partial charge in [0.15, 0.2) is 5.03 Å². The van der Waals surface area contributed by atoms with E-state index in [9.17, 15) is 8.42 Å². The predicted molar refractivity (Wildman–Crippen MR) is 82.3 cm³/mol. The van der Waals surface area contributed by atoms with E-state index in [0.717, 1.165) is 30.0 Å². The second kappa shape index (κ2) is 6.89. The molecule has 1 N–H and O–H groups in total. The fourth-order valence-corrected chi connectivity index (χ4v) is 4.75. The van der Waals surface area contributed by atoms with Crippen LogP contribution in [-0.2, 0) is 16.6 Å². The molecule has 0 saturated carbocycles. The van der Waals surface area contributed by atoms with E-state index in [1.54, 1.807) is 31.1 Å². The van der Waals surface area contributed by atoms with Crippen LogP contribution < -0.4 is 5.32 Å². The Hall–Kier alpha value is -0.630. The van der Waals surface area contributed by atoms with Crippen LogP contribution in [0.2, 0.25) is 0 Å². The standard InChI is InChI=1S/C13H21N3O2S2/c1-3-14-8-11-4-5-13(15-9-11)20(17,18)16(2)12-6-7-19-10-12/h4-5,9,12,14H,3,6-8,10H2,1-2H3. The summed E-state index contributed by atoms with van der Waals surface area (Å²) in [6.45, 7) is 3.61. The molecule has 0 aliphatic carbocycles. The number of sulfonamides is 1. The van der Waals surface area contributed by atoms with E-state index in [0.29, 0.717) is 6.54 Å². The fourth-order valence-electron chi connectivity index (χ4n) is 2.09. The average Bonchev–Trinajstić information content (AvgIpc) is 2.98. The smallest absolute Gasteiger partial charge is 0.260 e. The zero-order valence-corrected chi connectivity index (χ0v) is 13.5. The van der Waals surface area contributed by atoms with Crippen LogP contribution in [0.3, 0.4) is 0 Å². The van der Waals surface area contributed by atoms with Gasteiger partial charge in [-0.05, 0) is 30.3 Å². The summed E-state index contributed by atoms with van der Waals surface area (Å²) < 4.78 is 26.4. The number of hydrogen-bond acceptors (Lipinski definition) is 5. The third kappa shape index (κ3) is 3.52. The molecule has 0 spiro atoms. The quantitative estimate of drug-likeness (QED) is 0.858. The first-order chi connectivity index (χ1) is 9.55. The number of pyridine rings is 1. The Bertz CT molecular complexity index is 525. The van der Waals surface area contributed by atoms with Crippen LogP contribution in [0.5, 0.6) is 0 Å². The van der Waals surface area contributed by atoms with E-state index >= 15 is 0 Å². The van der Waals surface area contributed by atoms with Crippen LogP contribution in [0.25, 0.3) is 0 Å². The Morgan fingerprint density at radius 1 is 1.50 bits per heavy atom. The van der Waals surface area contributed by atoms with Crippen molar-refractivity contribution in [2.75, 3.05) is 25.1 Å². The van der Waals surface area contributed by atoms with E-state index in [4.69, 9.17) is 0 Å². The van der Waals surface area contributed by atoms with E-state index < -0.39 is 10.0 Å². The van der Waals surface area contributed by atoms with Gasteiger partial charge in [0.05, 0.1) is 0 Å². The van der Waals surface area contributed by atoms with Crippen LogP contribution in [-0.4, -0.2) is 48.8 Å². The van der Waals surface area contributed by atoms with Crippen molar-refractivity contribution in [1.29, 1.82) is 0 Å². The first-order valence-corrected chi connectivity index (χ1v) is 9.36. The Morgan fingerprint density at radius 3 is 2.85 bits per heavy atom. The van der Waals surface area contributed by atoms with E-state index in [2.05, 4.69) is 10.3 Å². The largest absolute Gasteiger partial charge is 0.313 e. The molecule has 1 unspecified atom stereocenters. The molecule has 20 heavy (non-hydrogen) atoms. The molecule has 1 atom stereocenters. The lowest BCUT2D eigenvalue weighted by molar-refractivity contribution is 0.393. The zero-order chi connectivity index (χ0) is 14.6. The molecule has 0 bridgehead atoms. The summed E-state index contributed by atoms with van der Waals surface area (Å²) in [7, 11) is -1.82. The highest BCUT2D eigenvalue weighted by Crippen LogP contribution is 2.25. The Labute approximate surface area is 125 Å². The Kier molecular flexibility index (Phi) is 5.42. The highest BCUT2D eigenvalue weighted by atomic mass is 32.2. The van der Waals surface area contributed by atoms with E-state index in [1.165, 1.54) is 4.31 Å². The molecule has 5 nitrogen and oxygen atoms in total. The maximum Gasteiger partial charge on any atom is 0.260 e. The van der Waals surface area contributed by atoms with Gasteiger partial charge in [0.2, 0.25) is 0 Å². The molecule has 112 valence electrons. The molecule has 2 rings (SSSR count). The summed E-state index contributed by atoms with van der Waals surface area (Å²) in [5.74, 6) is 1.90. The molecule has 0 radical (unpaired) electrons. The highest BCUT2D eigenvalue weighted by molar-refractivity contribution is 7.99. The first-order valence-electron chi connectivity index (χ1n) is 6.77. The maximum absolute atomic E-state index is 12.5. The first kappa shape index (κ1) is 15.8. The van der Waals surface area contributed by atoms with Crippen LogP contribution in [0.1, 0.15) is 18.9 Å². The van der Waals surface area contributed by atoms with Gasteiger partial charge in [-0.1, -0.05) is 13.0 Å². The number of thioether (sulfide) groups is 1. The van der Waals surface area contributed by atoms with Crippen molar-refractivity contribution < 1.29 is 8.42 Å². The topological polar surface area (TPSA) is 62.3 Å². The van der Waals surface area contributed by atoms with Crippen LogP contribution in [0.4, 0.5) is 0 Å². The number of hydrogen-bond donors (Lipinski definition) is 1. The van der Waals surface area contributed by atoms with Gasteiger partial charge in [-0.2, -0.15) is 16.1 Å². The summed E-state index contributed by atoms with van der Waals surface area (Å²) in [5, 5.41) is 3.32. The van der Waals surface area contributed by atoms with E-state index in [1.807, 2.05) is 13.0 Å². The molecular weight excluding hydrogens is 294 g/mol. The van der Waals surface area contributed by atoms with Crippen molar-refractivity contribution in [1.82, 2.24) is 14.6 Å². The normalized spacial score (nSPS) is 19.6. The molecule has 1 aliphatic rings. The molecule has 1 fully saturated rings. The van der Waals surface area contributed by atoms with Gasteiger partial charge in [0.25, 0.3) is 10.0 Å². The van der Waals surface area contributed by atoms with Gasteiger partial charge in [-0.3, -0.25) is 0 Å². The molecule has 0 aromatic carbocycles. The molecule has 7 heteroatoms. The highest BCUT2D eigenvalue weighted by Gasteiger charge is 2.31. The van der Waals surface area contributed by atoms with Gasteiger partial charge in [-0.25, -0.2) is 13.4 Å². The van der Waals surface area contributed by atoms with Crippen molar-refractivity contribution in [2.24, 2.45) is 0 Å². The van der Waals surface area contributed by atoms with Crippen molar-refractivity contribution in [3.05, 3.63) is 23.9 Å². The van der Waals surface area contributed by atoms with Crippen LogP contribution >= 0.6 is 11.8 Å². The van der Waals surface area contributed by atoms with Gasteiger partial charge in [0.1, 0.15) is 0 Å². The van der Waals surface area contributed by atoms with Crippen molar-refractivity contribution in [2.45, 2.75) is 31.0 Å². The van der Waals surface area contributed by atoms with Crippen molar-refractivity contribution in [3.63, 3.8) is 0 Å². The number of nitrogens with zero attached hydrogens (tertiary/aromatic N) is 2. The third-order valence-electron chi connectivity index (χ3n) is 3.44. The minimum atomic E-state index is -3.47. The average molecular weight is 315 g/mol. The summed E-state index contributed by atoms with van der Waals surface area (Å²) in [4.78, 5) is 4.12. The molecule has 2 heterocycles. The molecule has 1 aromatic rings. The number of nitrogens with one attached hydrogen (secondary N) is 1. The predicted octanol–water partition coefficient (Wildman–Crippen LogP) is 1.32. The van der Waals surface area contributed by atoms with Gasteiger partial charge < -0.3 is 5.32 Å². The molecular formula is C13H21N3O2S2. The summed E-state index contributed by atoms with van der Waals surface area (Å²) in [6, 6.07) is 3.51. The minimum absolute atomic E-state index is 0.0910. The molecule has 0 amide bonds. The van der Waals surface area contributed by atoms with Crippen LogP contribution in [0.15, 0.2) is 23.4 Å². The van der Waals surface area contributed by atoms with Crippen molar-refractivity contribution >= 4 is 21.8 Å². The summed E-state index contributed by atoms with van der Waals surface area (Å²) in [6.07, 6.45) is 2.55. The Balaban J connectivity index is 2.12. The van der Waals surface area contributed by atoms with Gasteiger partial charge >= 0.3 is 0 Å². The van der Waals surface area contributed by atoms with Crippen molar-refractivity contribution in [3.8, 4) is 0 Å².